The van der Waals surface area contributed by atoms with E-state index in [2.05, 4.69) is 17.7 Å². The van der Waals surface area contributed by atoms with Crippen LogP contribution in [0.3, 0.4) is 0 Å². The van der Waals surface area contributed by atoms with Gasteiger partial charge < -0.3 is 0 Å². The summed E-state index contributed by atoms with van der Waals surface area (Å²) < 4.78 is 31.7. The van der Waals surface area contributed by atoms with Gasteiger partial charge in [-0.05, 0) is 6.42 Å². The average Bonchev–Trinajstić information content (AvgIpc) is 2.56. The number of hydrogen-bond donors (Lipinski definition) is 0. The third-order valence-electron chi connectivity index (χ3n) is 4.06. The monoisotopic (exact) mass is 386 g/mol. The van der Waals surface area contributed by atoms with E-state index in [1.807, 2.05) is 0 Å². The van der Waals surface area contributed by atoms with Gasteiger partial charge in [-0.2, -0.15) is 8.42 Å². The second-order valence-electron chi connectivity index (χ2n) is 6.40. The van der Waals surface area contributed by atoms with Gasteiger partial charge in [-0.25, -0.2) is 8.37 Å². The summed E-state index contributed by atoms with van der Waals surface area (Å²) in [6.07, 6.45) is 19.2. The summed E-state index contributed by atoms with van der Waals surface area (Å²) in [5, 5.41) is 0. The molecular formula is C19H39NaO4S. The minimum atomic E-state index is -3.83. The zero-order valence-electron chi connectivity index (χ0n) is 15.6. The van der Waals surface area contributed by atoms with Crippen LogP contribution < -0.4 is 0 Å². The van der Waals surface area contributed by atoms with Crippen molar-refractivity contribution in [2.24, 2.45) is 0 Å². The van der Waals surface area contributed by atoms with E-state index in [9.17, 15) is 8.42 Å². The molecule has 0 spiro atoms. The molecule has 0 fully saturated rings. The first-order valence-electron chi connectivity index (χ1n) is 9.77. The minimum absolute atomic E-state index is 0. The van der Waals surface area contributed by atoms with Gasteiger partial charge in [-0.1, -0.05) is 96.5 Å². The van der Waals surface area contributed by atoms with E-state index in [1.54, 1.807) is 0 Å². The predicted octanol–water partition coefficient (Wildman–Crippen LogP) is 5.28. The standard InChI is InChI=1S/C19H38O4S.Na.H/c1-3-5-6-7-8-9-10-11-12-13-14-15-16-17-19-23-24(20,21)22-18-4-2;;/h4H,2-3,5-19H2,1H3;;. The maximum absolute atomic E-state index is 11.2. The Balaban J connectivity index is 0. The van der Waals surface area contributed by atoms with Gasteiger partial charge in [0, 0.05) is 0 Å². The van der Waals surface area contributed by atoms with Gasteiger partial charge in [0.2, 0.25) is 0 Å². The Hall–Kier alpha value is 0.610. The second-order valence-corrected chi connectivity index (χ2v) is 7.69. The molecule has 0 amide bonds. The van der Waals surface area contributed by atoms with Gasteiger partial charge in [0.1, 0.15) is 0 Å². The number of unbranched alkanes of at least 4 members (excludes halogenated alkanes) is 13. The molecule has 0 heterocycles. The fourth-order valence-corrected chi connectivity index (χ4v) is 3.28. The molecule has 0 saturated carbocycles. The number of rotatable bonds is 19. The van der Waals surface area contributed by atoms with Crippen LogP contribution in [0, 0.1) is 0 Å². The molecule has 0 aliphatic carbocycles. The zero-order chi connectivity index (χ0) is 17.9. The second kappa shape index (κ2) is 20.9. The molecule has 0 radical (unpaired) electrons. The first kappa shape index (κ1) is 27.8. The van der Waals surface area contributed by atoms with Crippen molar-refractivity contribution in [1.82, 2.24) is 0 Å². The van der Waals surface area contributed by atoms with Crippen LogP contribution in [0.4, 0.5) is 0 Å². The Labute approximate surface area is 178 Å². The summed E-state index contributed by atoms with van der Waals surface area (Å²) in [6.45, 7) is 5.82. The van der Waals surface area contributed by atoms with Crippen LogP contribution in [0.1, 0.15) is 96.8 Å². The Kier molecular flexibility index (Phi) is 23.3. The van der Waals surface area contributed by atoms with Crippen LogP contribution in [0.5, 0.6) is 0 Å². The molecule has 0 N–H and O–H groups in total. The van der Waals surface area contributed by atoms with Gasteiger partial charge in [-0.3, -0.25) is 0 Å². The number of hydrogen-bond acceptors (Lipinski definition) is 4. The van der Waals surface area contributed by atoms with E-state index in [4.69, 9.17) is 4.18 Å². The Morgan fingerprint density at radius 1 is 0.720 bits per heavy atom. The van der Waals surface area contributed by atoms with Gasteiger partial charge >= 0.3 is 40.0 Å². The molecule has 6 heteroatoms. The summed E-state index contributed by atoms with van der Waals surface area (Å²) in [4.78, 5) is 0. The third-order valence-corrected chi connectivity index (χ3v) is 4.94. The third kappa shape index (κ3) is 22.6. The van der Waals surface area contributed by atoms with Crippen LogP contribution >= 0.6 is 0 Å². The van der Waals surface area contributed by atoms with Crippen LogP contribution in [0.15, 0.2) is 12.7 Å². The maximum atomic E-state index is 11.2. The van der Waals surface area contributed by atoms with Gasteiger partial charge in [0.05, 0.1) is 13.2 Å². The van der Waals surface area contributed by atoms with Crippen LogP contribution in [0.2, 0.25) is 0 Å². The van der Waals surface area contributed by atoms with Crippen molar-refractivity contribution in [1.29, 1.82) is 0 Å². The molecule has 4 nitrogen and oxygen atoms in total. The van der Waals surface area contributed by atoms with E-state index >= 15 is 0 Å². The molecule has 0 aromatic rings. The molecular weight excluding hydrogens is 347 g/mol. The molecule has 0 bridgehead atoms. The molecule has 0 aromatic carbocycles. The topological polar surface area (TPSA) is 52.6 Å². The summed E-state index contributed by atoms with van der Waals surface area (Å²) in [6, 6.07) is 0. The van der Waals surface area contributed by atoms with Crippen LogP contribution in [0.25, 0.3) is 0 Å². The van der Waals surface area contributed by atoms with E-state index in [0.717, 1.165) is 19.3 Å². The van der Waals surface area contributed by atoms with E-state index in [-0.39, 0.29) is 42.8 Å². The SMILES string of the molecule is C=CCOS(=O)(=O)OCCCCCCCCCCCCCCCC.[NaH]. The summed E-state index contributed by atoms with van der Waals surface area (Å²) >= 11 is 0. The molecule has 0 aliphatic heterocycles. The Morgan fingerprint density at radius 3 is 1.52 bits per heavy atom. The van der Waals surface area contributed by atoms with Gasteiger partial charge in [0.15, 0.2) is 0 Å². The zero-order valence-corrected chi connectivity index (χ0v) is 16.5. The Bertz CT molecular complexity index is 372. The first-order chi connectivity index (χ1) is 11.6. The quantitative estimate of drug-likeness (QED) is 0.172. The van der Waals surface area contributed by atoms with Gasteiger partial charge in [0.25, 0.3) is 0 Å². The summed E-state index contributed by atoms with van der Waals surface area (Å²) in [5.74, 6) is 0. The van der Waals surface area contributed by atoms with Crippen molar-refractivity contribution in [3.63, 3.8) is 0 Å². The van der Waals surface area contributed by atoms with Crippen LogP contribution in [-0.2, 0) is 18.8 Å². The molecule has 0 aliphatic rings. The van der Waals surface area contributed by atoms with Crippen molar-refractivity contribution in [3.8, 4) is 0 Å². The van der Waals surface area contributed by atoms with Crippen molar-refractivity contribution in [2.45, 2.75) is 96.8 Å². The first-order valence-corrected chi connectivity index (χ1v) is 11.1. The molecule has 0 saturated heterocycles. The molecule has 25 heavy (non-hydrogen) atoms. The fourth-order valence-electron chi connectivity index (χ4n) is 2.62. The molecule has 0 unspecified atom stereocenters. The normalized spacial score (nSPS) is 11.2. The van der Waals surface area contributed by atoms with E-state index in [0.29, 0.717) is 0 Å². The van der Waals surface area contributed by atoms with E-state index in [1.165, 1.54) is 76.7 Å². The predicted molar refractivity (Wildman–Crippen MR) is 108 cm³/mol. The van der Waals surface area contributed by atoms with Gasteiger partial charge in [-0.15, -0.1) is 6.58 Å². The van der Waals surface area contributed by atoms with Crippen LogP contribution in [-0.4, -0.2) is 51.2 Å². The van der Waals surface area contributed by atoms with E-state index < -0.39 is 10.4 Å². The Morgan fingerprint density at radius 2 is 1.12 bits per heavy atom. The molecule has 0 rings (SSSR count). The fraction of sp³-hybridized carbons (Fsp3) is 0.895. The molecule has 146 valence electrons. The van der Waals surface area contributed by atoms with Crippen molar-refractivity contribution in [2.75, 3.05) is 13.2 Å². The van der Waals surface area contributed by atoms with Crippen molar-refractivity contribution >= 4 is 40.0 Å². The average molecular weight is 387 g/mol. The molecule has 0 atom stereocenters. The van der Waals surface area contributed by atoms with Crippen molar-refractivity contribution in [3.05, 3.63) is 12.7 Å². The summed E-state index contributed by atoms with van der Waals surface area (Å²) in [5.41, 5.74) is 0. The summed E-state index contributed by atoms with van der Waals surface area (Å²) in [7, 11) is -3.83. The molecule has 0 aromatic heterocycles. The van der Waals surface area contributed by atoms with Crippen molar-refractivity contribution < 1.29 is 16.8 Å².